The normalized spacial score (nSPS) is 39.7. The molecule has 3 heterocycles. The summed E-state index contributed by atoms with van der Waals surface area (Å²) < 4.78 is 5.65. The smallest absolute Gasteiger partial charge is 0.251 e. The average molecular weight is 266 g/mol. The number of nitrogens with zero attached hydrogens (tertiary/aromatic N) is 1. The van der Waals surface area contributed by atoms with E-state index in [1.807, 2.05) is 0 Å². The minimum Gasteiger partial charge on any atom is -0.368 e. The molecule has 4 nitrogen and oxygen atoms in total. The van der Waals surface area contributed by atoms with Gasteiger partial charge in [-0.3, -0.25) is 4.79 Å². The Balaban J connectivity index is 1.65. The van der Waals surface area contributed by atoms with Crippen LogP contribution in [-0.4, -0.2) is 49.7 Å². The van der Waals surface area contributed by atoms with Crippen molar-refractivity contribution in [3.63, 3.8) is 0 Å². The van der Waals surface area contributed by atoms with E-state index >= 15 is 0 Å². The fourth-order valence-electron chi connectivity index (χ4n) is 3.97. The van der Waals surface area contributed by atoms with E-state index in [-0.39, 0.29) is 12.0 Å². The molecule has 3 atom stereocenters. The van der Waals surface area contributed by atoms with Gasteiger partial charge in [-0.1, -0.05) is 6.92 Å². The highest BCUT2D eigenvalue weighted by Gasteiger charge is 2.41. The molecule has 4 heteroatoms. The molecule has 0 aliphatic carbocycles. The van der Waals surface area contributed by atoms with E-state index in [2.05, 4.69) is 17.1 Å². The first-order valence-electron chi connectivity index (χ1n) is 7.81. The molecular formula is C15H26N2O2. The maximum atomic E-state index is 12.6. The predicted octanol–water partition coefficient (Wildman–Crippen LogP) is 1.40. The molecule has 3 saturated heterocycles. The first kappa shape index (κ1) is 13.4. The van der Waals surface area contributed by atoms with E-state index in [4.69, 9.17) is 4.74 Å². The van der Waals surface area contributed by atoms with Gasteiger partial charge in [0.1, 0.15) is 6.10 Å². The third-order valence-corrected chi connectivity index (χ3v) is 5.16. The lowest BCUT2D eigenvalue weighted by Gasteiger charge is -2.46. The Bertz CT molecular complexity index is 334. The number of carbonyl (C=O) groups is 1. The third kappa shape index (κ3) is 2.65. The van der Waals surface area contributed by atoms with E-state index in [0.29, 0.717) is 11.3 Å². The van der Waals surface area contributed by atoms with E-state index < -0.39 is 0 Å². The molecule has 0 radical (unpaired) electrons. The average Bonchev–Trinajstić information content (AvgIpc) is 2.85. The van der Waals surface area contributed by atoms with Gasteiger partial charge in [0.25, 0.3) is 5.91 Å². The van der Waals surface area contributed by atoms with Gasteiger partial charge in [-0.25, -0.2) is 0 Å². The second-order valence-corrected chi connectivity index (χ2v) is 6.70. The minimum atomic E-state index is -0.174. The number of piperidine rings is 2. The fourth-order valence-corrected chi connectivity index (χ4v) is 3.97. The lowest BCUT2D eigenvalue weighted by atomic mass is 9.74. The summed E-state index contributed by atoms with van der Waals surface area (Å²) in [4.78, 5) is 14.7. The lowest BCUT2D eigenvalue weighted by molar-refractivity contribution is -0.146. The summed E-state index contributed by atoms with van der Waals surface area (Å²) in [5.74, 6) is 0.629. The van der Waals surface area contributed by atoms with Gasteiger partial charge in [0.05, 0.1) is 0 Å². The van der Waals surface area contributed by atoms with Gasteiger partial charge < -0.3 is 15.0 Å². The molecule has 3 rings (SSSR count). The van der Waals surface area contributed by atoms with Gasteiger partial charge in [-0.05, 0) is 44.6 Å². The molecular weight excluding hydrogens is 240 g/mol. The predicted molar refractivity (Wildman–Crippen MR) is 73.9 cm³/mol. The Hall–Kier alpha value is -0.610. The third-order valence-electron chi connectivity index (χ3n) is 5.16. The number of nitrogens with one attached hydrogen (secondary N) is 1. The molecule has 1 N–H and O–H groups in total. The standard InChI is InChI=1S/C15H26N2O2/c1-12-4-9-19-13(12)14(18)17-8-3-6-15(11-17)5-2-7-16-10-15/h12-13,16H,2-11H2,1H3. The number of hydrogen-bond acceptors (Lipinski definition) is 3. The highest BCUT2D eigenvalue weighted by molar-refractivity contribution is 5.81. The second-order valence-electron chi connectivity index (χ2n) is 6.70. The molecule has 1 amide bonds. The Labute approximate surface area is 115 Å². The van der Waals surface area contributed by atoms with Crippen LogP contribution in [0.1, 0.15) is 39.0 Å². The zero-order chi connectivity index (χ0) is 13.3. The minimum absolute atomic E-state index is 0.174. The molecule has 19 heavy (non-hydrogen) atoms. The zero-order valence-corrected chi connectivity index (χ0v) is 12.0. The van der Waals surface area contributed by atoms with Gasteiger partial charge in [-0.2, -0.15) is 0 Å². The first-order chi connectivity index (χ1) is 9.20. The van der Waals surface area contributed by atoms with Gasteiger partial charge in [0.15, 0.2) is 0 Å². The molecule has 0 bridgehead atoms. The fraction of sp³-hybridized carbons (Fsp3) is 0.933. The van der Waals surface area contributed by atoms with Crippen molar-refractivity contribution < 1.29 is 9.53 Å². The van der Waals surface area contributed by atoms with Crippen molar-refractivity contribution >= 4 is 5.91 Å². The topological polar surface area (TPSA) is 41.6 Å². The molecule has 0 aromatic heterocycles. The van der Waals surface area contributed by atoms with Crippen molar-refractivity contribution in [3.05, 3.63) is 0 Å². The monoisotopic (exact) mass is 266 g/mol. The largest absolute Gasteiger partial charge is 0.368 e. The van der Waals surface area contributed by atoms with Crippen molar-refractivity contribution in [1.29, 1.82) is 0 Å². The summed E-state index contributed by atoms with van der Waals surface area (Å²) in [7, 11) is 0. The number of amides is 1. The number of ether oxygens (including phenoxy) is 1. The van der Waals surface area contributed by atoms with Crippen LogP contribution in [0, 0.1) is 11.3 Å². The molecule has 3 unspecified atom stereocenters. The van der Waals surface area contributed by atoms with Crippen LogP contribution in [0.2, 0.25) is 0 Å². The van der Waals surface area contributed by atoms with Crippen molar-refractivity contribution in [2.24, 2.45) is 11.3 Å². The molecule has 0 saturated carbocycles. The number of likely N-dealkylation sites (tertiary alicyclic amines) is 1. The quantitative estimate of drug-likeness (QED) is 0.780. The maximum absolute atomic E-state index is 12.6. The van der Waals surface area contributed by atoms with Crippen molar-refractivity contribution in [1.82, 2.24) is 10.2 Å². The highest BCUT2D eigenvalue weighted by atomic mass is 16.5. The summed E-state index contributed by atoms with van der Waals surface area (Å²) in [6, 6.07) is 0. The molecule has 1 spiro atoms. The second kappa shape index (κ2) is 5.41. The van der Waals surface area contributed by atoms with E-state index in [1.54, 1.807) is 0 Å². The van der Waals surface area contributed by atoms with E-state index in [9.17, 15) is 4.79 Å². The van der Waals surface area contributed by atoms with Crippen LogP contribution in [-0.2, 0) is 9.53 Å². The van der Waals surface area contributed by atoms with Crippen molar-refractivity contribution in [2.45, 2.75) is 45.1 Å². The molecule has 3 aliphatic rings. The van der Waals surface area contributed by atoms with Crippen LogP contribution in [0.4, 0.5) is 0 Å². The van der Waals surface area contributed by atoms with Crippen LogP contribution < -0.4 is 5.32 Å². The molecule has 0 aromatic rings. The molecule has 3 fully saturated rings. The molecule has 3 aliphatic heterocycles. The van der Waals surface area contributed by atoms with Gasteiger partial charge in [0.2, 0.25) is 0 Å². The van der Waals surface area contributed by atoms with Crippen molar-refractivity contribution in [2.75, 3.05) is 32.8 Å². The molecule has 0 aromatic carbocycles. The summed E-state index contributed by atoms with van der Waals surface area (Å²) in [6.07, 6.45) is 5.78. The summed E-state index contributed by atoms with van der Waals surface area (Å²) in [5, 5.41) is 3.51. The van der Waals surface area contributed by atoms with E-state index in [0.717, 1.165) is 45.6 Å². The van der Waals surface area contributed by atoms with Gasteiger partial charge in [0, 0.05) is 31.7 Å². The van der Waals surface area contributed by atoms with Crippen molar-refractivity contribution in [3.8, 4) is 0 Å². The number of hydrogen-bond donors (Lipinski definition) is 1. The SMILES string of the molecule is CC1CCOC1C(=O)N1CCCC2(CCCNC2)C1. The molecule has 108 valence electrons. The van der Waals surface area contributed by atoms with Gasteiger partial charge in [-0.15, -0.1) is 0 Å². The highest BCUT2D eigenvalue weighted by Crippen LogP contribution is 2.36. The summed E-state index contributed by atoms with van der Waals surface area (Å²) in [5.41, 5.74) is 0.341. The zero-order valence-electron chi connectivity index (χ0n) is 12.0. The first-order valence-corrected chi connectivity index (χ1v) is 7.81. The van der Waals surface area contributed by atoms with Crippen LogP contribution >= 0.6 is 0 Å². The number of carbonyl (C=O) groups excluding carboxylic acids is 1. The van der Waals surface area contributed by atoms with Crippen LogP contribution in [0.5, 0.6) is 0 Å². The van der Waals surface area contributed by atoms with Gasteiger partial charge >= 0.3 is 0 Å². The Morgan fingerprint density at radius 2 is 2.21 bits per heavy atom. The maximum Gasteiger partial charge on any atom is 0.251 e. The Kier molecular flexibility index (Phi) is 3.81. The number of rotatable bonds is 1. The van der Waals surface area contributed by atoms with E-state index in [1.165, 1.54) is 19.3 Å². The van der Waals surface area contributed by atoms with Crippen LogP contribution in [0.25, 0.3) is 0 Å². The van der Waals surface area contributed by atoms with Crippen LogP contribution in [0.3, 0.4) is 0 Å². The summed E-state index contributed by atoms with van der Waals surface area (Å²) >= 11 is 0. The lowest BCUT2D eigenvalue weighted by Crippen LogP contribution is -2.54. The Morgan fingerprint density at radius 1 is 1.37 bits per heavy atom. The van der Waals surface area contributed by atoms with Crippen LogP contribution in [0.15, 0.2) is 0 Å². The summed E-state index contributed by atoms with van der Waals surface area (Å²) in [6.45, 7) is 6.96. The Morgan fingerprint density at radius 3 is 2.89 bits per heavy atom.